The van der Waals surface area contributed by atoms with Crippen molar-refractivity contribution in [3.05, 3.63) is 81.6 Å². The van der Waals surface area contributed by atoms with Crippen LogP contribution in [0.4, 0.5) is 28.0 Å². The molecule has 200 valence electrons. The molecule has 1 fully saturated rings. The number of nitrogens with zero attached hydrogens (tertiary/aromatic N) is 3. The number of amides is 2. The van der Waals surface area contributed by atoms with Gasteiger partial charge in [-0.15, -0.1) is 0 Å². The summed E-state index contributed by atoms with van der Waals surface area (Å²) in [5.41, 5.74) is -2.59. The lowest BCUT2D eigenvalue weighted by atomic mass is 10.00. The molecule has 3 aromatic carbocycles. The van der Waals surface area contributed by atoms with Crippen LogP contribution in [-0.2, 0) is 6.18 Å². The average molecular weight is 561 g/mol. The van der Waals surface area contributed by atoms with Crippen LogP contribution in [0.25, 0.3) is 22.2 Å². The first-order valence-electron chi connectivity index (χ1n) is 11.4. The summed E-state index contributed by atoms with van der Waals surface area (Å²) in [4.78, 5) is 38.7. The van der Waals surface area contributed by atoms with Crippen molar-refractivity contribution in [3.8, 4) is 11.3 Å². The molecule has 0 aliphatic carbocycles. The Balaban J connectivity index is 1.78. The maximum Gasteiger partial charge on any atom is 0.417 e. The van der Waals surface area contributed by atoms with E-state index in [9.17, 15) is 32.7 Å². The zero-order valence-corrected chi connectivity index (χ0v) is 20.7. The second kappa shape index (κ2) is 9.38. The van der Waals surface area contributed by atoms with Gasteiger partial charge in [0.25, 0.3) is 5.91 Å². The molecule has 0 radical (unpaired) electrons. The number of anilines is 1. The second-order valence-corrected chi connectivity index (χ2v) is 9.12. The summed E-state index contributed by atoms with van der Waals surface area (Å²) in [6, 6.07) is 9.19. The van der Waals surface area contributed by atoms with E-state index in [1.54, 1.807) is 0 Å². The summed E-state index contributed by atoms with van der Waals surface area (Å²) in [7, 11) is 0. The van der Waals surface area contributed by atoms with E-state index in [4.69, 9.17) is 11.6 Å². The number of aromatic nitrogens is 2. The van der Waals surface area contributed by atoms with E-state index in [2.05, 4.69) is 10.4 Å². The summed E-state index contributed by atoms with van der Waals surface area (Å²) in [6.45, 7) is 1.91. The molecular weight excluding hydrogens is 544 g/mol. The highest BCUT2D eigenvalue weighted by atomic mass is 35.5. The summed E-state index contributed by atoms with van der Waals surface area (Å²) in [5, 5.41) is 15.9. The van der Waals surface area contributed by atoms with Gasteiger partial charge in [0.1, 0.15) is 11.5 Å². The molecule has 0 bridgehead atoms. The van der Waals surface area contributed by atoms with Crippen molar-refractivity contribution in [1.29, 1.82) is 0 Å². The zero-order chi connectivity index (χ0) is 28.2. The number of carbonyl (C=O) groups excluding carboxylic acids is 2. The van der Waals surface area contributed by atoms with Crippen LogP contribution in [0, 0.1) is 12.7 Å². The van der Waals surface area contributed by atoms with Gasteiger partial charge in [-0.25, -0.2) is 14.0 Å². The van der Waals surface area contributed by atoms with Crippen molar-refractivity contribution in [2.24, 2.45) is 0 Å². The van der Waals surface area contributed by atoms with Crippen LogP contribution in [0.1, 0.15) is 31.8 Å². The minimum absolute atomic E-state index is 0.0143. The van der Waals surface area contributed by atoms with Crippen molar-refractivity contribution < 1.29 is 37.1 Å². The van der Waals surface area contributed by atoms with Crippen molar-refractivity contribution in [2.45, 2.75) is 13.1 Å². The Labute approximate surface area is 222 Å². The first kappa shape index (κ1) is 26.2. The second-order valence-electron chi connectivity index (χ2n) is 8.72. The van der Waals surface area contributed by atoms with Crippen molar-refractivity contribution >= 4 is 46.1 Å². The van der Waals surface area contributed by atoms with E-state index >= 15 is 4.39 Å². The van der Waals surface area contributed by atoms with Crippen LogP contribution in [0.2, 0.25) is 5.02 Å². The summed E-state index contributed by atoms with van der Waals surface area (Å²) in [6.07, 6.45) is -4.92. The van der Waals surface area contributed by atoms with Crippen molar-refractivity contribution in [3.63, 3.8) is 0 Å². The van der Waals surface area contributed by atoms with E-state index < -0.39 is 46.1 Å². The molecule has 39 heavy (non-hydrogen) atoms. The van der Waals surface area contributed by atoms with Gasteiger partial charge in [-0.1, -0.05) is 17.7 Å². The standard InChI is InChI=1S/C26H17ClF4N4O4/c1-12-14(24(37)38)7-8-16(21(12)28)22-15-6-5-13(34-10-9-32-25(34)39)11-19(15)35(33-22)23(36)20-17(26(29,30)31)3-2-4-18(20)27/h2-8,11H,9-10H2,1H3,(H,32,39)(H,37,38). The average Bonchev–Trinajstić information content (AvgIpc) is 3.47. The predicted molar refractivity (Wildman–Crippen MR) is 134 cm³/mol. The molecule has 5 rings (SSSR count). The summed E-state index contributed by atoms with van der Waals surface area (Å²) in [5.74, 6) is -3.51. The fourth-order valence-electron chi connectivity index (χ4n) is 4.53. The lowest BCUT2D eigenvalue weighted by Crippen LogP contribution is -2.27. The highest BCUT2D eigenvalue weighted by Crippen LogP contribution is 2.38. The van der Waals surface area contributed by atoms with E-state index in [-0.39, 0.29) is 33.3 Å². The number of benzene rings is 3. The van der Waals surface area contributed by atoms with Crippen LogP contribution in [0.15, 0.2) is 48.5 Å². The molecule has 0 spiro atoms. The fraction of sp³-hybridized carbons (Fsp3) is 0.154. The molecule has 13 heteroatoms. The Morgan fingerprint density at radius 3 is 2.51 bits per heavy atom. The summed E-state index contributed by atoms with van der Waals surface area (Å²) >= 11 is 6.06. The Morgan fingerprint density at radius 2 is 1.87 bits per heavy atom. The molecule has 0 atom stereocenters. The third kappa shape index (κ3) is 4.36. The van der Waals surface area contributed by atoms with Crippen molar-refractivity contribution in [1.82, 2.24) is 15.1 Å². The third-order valence-corrected chi connectivity index (χ3v) is 6.75. The molecule has 0 unspecified atom stereocenters. The smallest absolute Gasteiger partial charge is 0.417 e. The van der Waals surface area contributed by atoms with Crippen LogP contribution in [0.5, 0.6) is 0 Å². The van der Waals surface area contributed by atoms with E-state index in [0.29, 0.717) is 29.5 Å². The number of carbonyl (C=O) groups is 3. The van der Waals surface area contributed by atoms with Crippen molar-refractivity contribution in [2.75, 3.05) is 18.0 Å². The number of aromatic carboxylic acids is 1. The molecule has 8 nitrogen and oxygen atoms in total. The minimum Gasteiger partial charge on any atom is -0.478 e. The number of hydrogen-bond acceptors (Lipinski definition) is 4. The molecule has 1 aromatic heterocycles. The van der Waals surface area contributed by atoms with E-state index in [1.807, 2.05) is 0 Å². The lowest BCUT2D eigenvalue weighted by Gasteiger charge is -2.15. The molecule has 4 aromatic rings. The molecule has 2 amide bonds. The number of fused-ring (bicyclic) bond motifs is 1. The maximum atomic E-state index is 15.4. The number of nitrogens with one attached hydrogen (secondary N) is 1. The van der Waals surface area contributed by atoms with Crippen LogP contribution in [0.3, 0.4) is 0 Å². The number of alkyl halides is 3. The largest absolute Gasteiger partial charge is 0.478 e. The molecule has 0 saturated carbocycles. The molecule has 2 N–H and O–H groups in total. The number of rotatable bonds is 4. The first-order valence-corrected chi connectivity index (χ1v) is 11.8. The first-order chi connectivity index (χ1) is 18.4. The van der Waals surface area contributed by atoms with E-state index in [1.165, 1.54) is 42.2 Å². The lowest BCUT2D eigenvalue weighted by molar-refractivity contribution is -0.137. The Morgan fingerprint density at radius 1 is 1.13 bits per heavy atom. The van der Waals surface area contributed by atoms with Crippen LogP contribution >= 0.6 is 11.6 Å². The number of halogens is 5. The molecule has 1 saturated heterocycles. The number of carboxylic acids is 1. The number of urea groups is 1. The predicted octanol–water partition coefficient (Wildman–Crippen LogP) is 5.74. The van der Waals surface area contributed by atoms with Gasteiger partial charge in [0.05, 0.1) is 27.2 Å². The van der Waals surface area contributed by atoms with Gasteiger partial charge in [0.15, 0.2) is 0 Å². The van der Waals surface area contributed by atoms with Gasteiger partial charge in [0.2, 0.25) is 0 Å². The topological polar surface area (TPSA) is 105 Å². The van der Waals surface area contributed by atoms with Gasteiger partial charge >= 0.3 is 18.2 Å². The van der Waals surface area contributed by atoms with Gasteiger partial charge in [-0.05, 0) is 55.0 Å². The quantitative estimate of drug-likeness (QED) is 0.310. The van der Waals surface area contributed by atoms with Gasteiger partial charge in [0, 0.05) is 29.7 Å². The Kier molecular flexibility index (Phi) is 6.30. The monoisotopic (exact) mass is 560 g/mol. The third-order valence-electron chi connectivity index (χ3n) is 6.43. The molecular formula is C26H17ClF4N4O4. The molecule has 1 aliphatic heterocycles. The highest BCUT2D eigenvalue weighted by Gasteiger charge is 2.37. The van der Waals surface area contributed by atoms with Gasteiger partial charge in [-0.3, -0.25) is 9.69 Å². The SMILES string of the molecule is Cc1c(C(=O)O)ccc(-c2nn(C(=O)c3c(Cl)cccc3C(F)(F)F)c3cc(N4CCNC4=O)ccc23)c1F. The number of carboxylic acid groups (broad SMARTS) is 1. The van der Waals surface area contributed by atoms with Gasteiger partial charge in [-0.2, -0.15) is 23.0 Å². The molecule has 1 aliphatic rings. The summed E-state index contributed by atoms with van der Waals surface area (Å²) < 4.78 is 57.5. The van der Waals surface area contributed by atoms with Crippen LogP contribution in [-0.4, -0.2) is 45.9 Å². The van der Waals surface area contributed by atoms with E-state index in [0.717, 1.165) is 12.1 Å². The highest BCUT2D eigenvalue weighted by molar-refractivity contribution is 6.34. The zero-order valence-electron chi connectivity index (χ0n) is 19.9. The van der Waals surface area contributed by atoms with Gasteiger partial charge < -0.3 is 10.4 Å². The van der Waals surface area contributed by atoms with Crippen LogP contribution < -0.4 is 10.2 Å². The normalized spacial score (nSPS) is 13.7. The maximum absolute atomic E-state index is 15.4. The fourth-order valence-corrected chi connectivity index (χ4v) is 4.78. The Hall–Kier alpha value is -4.45. The molecule has 2 heterocycles. The number of hydrogen-bond donors (Lipinski definition) is 2. The minimum atomic E-state index is -4.92. The Bertz CT molecular complexity index is 1700.